The number of alkyl halides is 1. The molecule has 20 heavy (non-hydrogen) atoms. The van der Waals surface area contributed by atoms with E-state index in [2.05, 4.69) is 24.1 Å². The Morgan fingerprint density at radius 1 is 1.35 bits per heavy atom. The summed E-state index contributed by atoms with van der Waals surface area (Å²) in [4.78, 5) is 14.3. The van der Waals surface area contributed by atoms with Gasteiger partial charge in [0.1, 0.15) is 0 Å². The van der Waals surface area contributed by atoms with Crippen LogP contribution < -0.4 is 5.32 Å². The molecule has 0 heterocycles. The SMILES string of the molecule is CC(C)CC(CNC(=O)c1cccc(CCl)c1)N(C)C. The highest BCUT2D eigenvalue weighted by Gasteiger charge is 2.15. The van der Waals surface area contributed by atoms with E-state index in [1.807, 2.05) is 38.4 Å². The van der Waals surface area contributed by atoms with Gasteiger partial charge in [0.2, 0.25) is 0 Å². The number of rotatable bonds is 7. The van der Waals surface area contributed by atoms with Crippen molar-refractivity contribution in [1.29, 1.82) is 0 Å². The fourth-order valence-corrected chi connectivity index (χ4v) is 2.30. The molecule has 0 aromatic heterocycles. The number of hydrogen-bond acceptors (Lipinski definition) is 2. The van der Waals surface area contributed by atoms with Gasteiger partial charge in [-0.3, -0.25) is 4.79 Å². The zero-order valence-corrected chi connectivity index (χ0v) is 13.6. The summed E-state index contributed by atoms with van der Waals surface area (Å²) < 4.78 is 0. The number of likely N-dealkylation sites (N-methyl/N-ethyl adjacent to an activating group) is 1. The lowest BCUT2D eigenvalue weighted by molar-refractivity contribution is 0.0938. The van der Waals surface area contributed by atoms with Crippen LogP contribution in [0.15, 0.2) is 24.3 Å². The second-order valence-corrected chi connectivity index (χ2v) is 6.06. The molecule has 0 aliphatic rings. The molecule has 112 valence electrons. The van der Waals surface area contributed by atoms with Crippen LogP contribution in [0.3, 0.4) is 0 Å². The molecule has 0 bridgehead atoms. The first-order chi connectivity index (χ1) is 9.43. The van der Waals surface area contributed by atoms with Gasteiger partial charge in [-0.1, -0.05) is 26.0 Å². The second-order valence-electron chi connectivity index (χ2n) is 5.79. The minimum Gasteiger partial charge on any atom is -0.350 e. The molecule has 1 amide bonds. The minimum absolute atomic E-state index is 0.0347. The lowest BCUT2D eigenvalue weighted by Crippen LogP contribution is -2.41. The summed E-state index contributed by atoms with van der Waals surface area (Å²) in [7, 11) is 4.10. The van der Waals surface area contributed by atoms with Crippen LogP contribution in [0.4, 0.5) is 0 Å². The summed E-state index contributed by atoms with van der Waals surface area (Å²) >= 11 is 5.79. The Labute approximate surface area is 127 Å². The Bertz CT molecular complexity index is 432. The second kappa shape index (κ2) is 8.28. The van der Waals surface area contributed by atoms with Gasteiger partial charge in [0, 0.05) is 24.0 Å². The van der Waals surface area contributed by atoms with E-state index in [4.69, 9.17) is 11.6 Å². The zero-order valence-electron chi connectivity index (χ0n) is 12.8. The van der Waals surface area contributed by atoms with Crippen LogP contribution in [-0.2, 0) is 5.88 Å². The van der Waals surface area contributed by atoms with E-state index < -0.39 is 0 Å². The number of carbonyl (C=O) groups is 1. The normalized spacial score (nSPS) is 12.8. The average molecular weight is 297 g/mol. The Morgan fingerprint density at radius 3 is 2.60 bits per heavy atom. The van der Waals surface area contributed by atoms with Gasteiger partial charge in [0.15, 0.2) is 0 Å². The zero-order chi connectivity index (χ0) is 15.1. The molecule has 0 fully saturated rings. The standard InChI is InChI=1S/C16H25ClN2O/c1-12(2)8-15(19(3)4)11-18-16(20)14-7-5-6-13(9-14)10-17/h5-7,9,12,15H,8,10-11H2,1-4H3,(H,18,20). The molecular formula is C16H25ClN2O. The summed E-state index contributed by atoms with van der Waals surface area (Å²) in [5, 5.41) is 3.01. The molecule has 0 saturated carbocycles. The number of amides is 1. The topological polar surface area (TPSA) is 32.3 Å². The van der Waals surface area contributed by atoms with Crippen LogP contribution in [0.25, 0.3) is 0 Å². The lowest BCUT2D eigenvalue weighted by atomic mass is 10.0. The maximum atomic E-state index is 12.2. The number of nitrogens with one attached hydrogen (secondary N) is 1. The molecule has 1 aromatic carbocycles. The molecular weight excluding hydrogens is 272 g/mol. The first-order valence-electron chi connectivity index (χ1n) is 7.03. The Hall–Kier alpha value is -1.06. The van der Waals surface area contributed by atoms with Gasteiger partial charge in [-0.05, 0) is 44.1 Å². The number of nitrogens with zero attached hydrogens (tertiary/aromatic N) is 1. The van der Waals surface area contributed by atoms with Gasteiger partial charge in [0.25, 0.3) is 5.91 Å². The van der Waals surface area contributed by atoms with Crippen LogP contribution in [-0.4, -0.2) is 37.5 Å². The number of halogens is 1. The molecule has 3 nitrogen and oxygen atoms in total. The first kappa shape index (κ1) is 17.0. The summed E-state index contributed by atoms with van der Waals surface area (Å²) in [6.45, 7) is 5.06. The van der Waals surface area contributed by atoms with Crippen molar-refractivity contribution in [3.05, 3.63) is 35.4 Å². The van der Waals surface area contributed by atoms with Crippen molar-refractivity contribution in [2.75, 3.05) is 20.6 Å². The van der Waals surface area contributed by atoms with Crippen molar-refractivity contribution < 1.29 is 4.79 Å². The van der Waals surface area contributed by atoms with Crippen LogP contribution in [0.5, 0.6) is 0 Å². The molecule has 0 radical (unpaired) electrons. The number of hydrogen-bond donors (Lipinski definition) is 1. The van der Waals surface area contributed by atoms with Gasteiger partial charge in [0.05, 0.1) is 0 Å². The van der Waals surface area contributed by atoms with Gasteiger partial charge in [-0.15, -0.1) is 11.6 Å². The third-order valence-corrected chi connectivity index (χ3v) is 3.62. The fourth-order valence-electron chi connectivity index (χ4n) is 2.13. The molecule has 0 spiro atoms. The smallest absolute Gasteiger partial charge is 0.251 e. The third-order valence-electron chi connectivity index (χ3n) is 3.32. The van der Waals surface area contributed by atoms with E-state index in [0.29, 0.717) is 29.9 Å². The highest BCUT2D eigenvalue weighted by atomic mass is 35.5. The third kappa shape index (κ3) is 5.51. The molecule has 0 saturated heterocycles. The lowest BCUT2D eigenvalue weighted by Gasteiger charge is -2.26. The fraction of sp³-hybridized carbons (Fsp3) is 0.562. The van der Waals surface area contributed by atoms with Crippen LogP contribution in [0.2, 0.25) is 0 Å². The van der Waals surface area contributed by atoms with E-state index >= 15 is 0 Å². The highest BCUT2D eigenvalue weighted by molar-refractivity contribution is 6.17. The Morgan fingerprint density at radius 2 is 2.05 bits per heavy atom. The minimum atomic E-state index is -0.0347. The van der Waals surface area contributed by atoms with E-state index in [-0.39, 0.29) is 5.91 Å². The Balaban J connectivity index is 2.60. The van der Waals surface area contributed by atoms with Crippen molar-refractivity contribution in [3.63, 3.8) is 0 Å². The van der Waals surface area contributed by atoms with E-state index in [1.165, 1.54) is 0 Å². The van der Waals surface area contributed by atoms with E-state index in [1.54, 1.807) is 0 Å². The molecule has 1 atom stereocenters. The molecule has 0 aliphatic carbocycles. The molecule has 1 N–H and O–H groups in total. The van der Waals surface area contributed by atoms with Gasteiger partial charge in [-0.2, -0.15) is 0 Å². The van der Waals surface area contributed by atoms with Gasteiger partial charge in [-0.25, -0.2) is 0 Å². The molecule has 1 unspecified atom stereocenters. The molecule has 1 rings (SSSR count). The average Bonchev–Trinajstić information content (AvgIpc) is 2.42. The van der Waals surface area contributed by atoms with Crippen molar-refractivity contribution in [3.8, 4) is 0 Å². The van der Waals surface area contributed by atoms with Crippen LogP contribution in [0, 0.1) is 5.92 Å². The predicted octanol–water partition coefficient (Wildman–Crippen LogP) is 3.13. The predicted molar refractivity (Wildman–Crippen MR) is 85.3 cm³/mol. The van der Waals surface area contributed by atoms with Crippen molar-refractivity contribution in [2.24, 2.45) is 5.92 Å². The largest absolute Gasteiger partial charge is 0.350 e. The van der Waals surface area contributed by atoms with Crippen molar-refractivity contribution in [1.82, 2.24) is 10.2 Å². The van der Waals surface area contributed by atoms with Crippen LogP contribution >= 0.6 is 11.6 Å². The van der Waals surface area contributed by atoms with E-state index in [0.717, 1.165) is 12.0 Å². The van der Waals surface area contributed by atoms with Crippen molar-refractivity contribution >= 4 is 17.5 Å². The molecule has 1 aromatic rings. The number of carbonyl (C=O) groups excluding carboxylic acids is 1. The van der Waals surface area contributed by atoms with Gasteiger partial charge >= 0.3 is 0 Å². The van der Waals surface area contributed by atoms with Crippen molar-refractivity contribution in [2.45, 2.75) is 32.2 Å². The van der Waals surface area contributed by atoms with Crippen LogP contribution in [0.1, 0.15) is 36.2 Å². The maximum Gasteiger partial charge on any atom is 0.251 e. The van der Waals surface area contributed by atoms with Gasteiger partial charge < -0.3 is 10.2 Å². The summed E-state index contributed by atoms with van der Waals surface area (Å²) in [6, 6.07) is 7.80. The summed E-state index contributed by atoms with van der Waals surface area (Å²) in [6.07, 6.45) is 1.06. The maximum absolute atomic E-state index is 12.2. The summed E-state index contributed by atoms with van der Waals surface area (Å²) in [5.74, 6) is 1.00. The molecule has 4 heteroatoms. The monoisotopic (exact) mass is 296 g/mol. The Kier molecular flexibility index (Phi) is 7.03. The first-order valence-corrected chi connectivity index (χ1v) is 7.57. The highest BCUT2D eigenvalue weighted by Crippen LogP contribution is 2.10. The van der Waals surface area contributed by atoms with E-state index in [9.17, 15) is 4.79 Å². The molecule has 0 aliphatic heterocycles. The summed E-state index contributed by atoms with van der Waals surface area (Å²) in [5.41, 5.74) is 1.64. The number of benzene rings is 1. The quantitative estimate of drug-likeness (QED) is 0.784.